The normalized spacial score (nSPS) is 15.0. The lowest BCUT2D eigenvalue weighted by atomic mass is 9.93. The van der Waals surface area contributed by atoms with E-state index in [0.717, 1.165) is 17.4 Å². The number of likely N-dealkylation sites (tertiary alicyclic amines) is 1. The third-order valence-corrected chi connectivity index (χ3v) is 8.92. The van der Waals surface area contributed by atoms with Crippen LogP contribution in [0.3, 0.4) is 0 Å². The summed E-state index contributed by atoms with van der Waals surface area (Å²) in [4.78, 5) is 27.0. The Hall–Kier alpha value is -2.82. The van der Waals surface area contributed by atoms with Gasteiger partial charge in [0.2, 0.25) is 15.9 Å². The van der Waals surface area contributed by atoms with Crippen molar-refractivity contribution in [3.8, 4) is 0 Å². The van der Waals surface area contributed by atoms with E-state index in [4.69, 9.17) is 40.5 Å². The maximum atomic E-state index is 13.1. The molecule has 0 radical (unpaired) electrons. The fourth-order valence-electron chi connectivity index (χ4n) is 5.05. The van der Waals surface area contributed by atoms with Crippen molar-refractivity contribution >= 4 is 62.3 Å². The number of amides is 2. The standard InChI is InChI=1S/C29H31Cl3N4O4S/c1-17(2)26(28(33)37)34-29(38)20-12-23(32)14-24(13-20)36(41(3,39)40)25-15-35(16-25)27(18-4-8-21(30)9-5-18)19-6-10-22(31)11-7-19/h4-14,17,25-27H,15-16H2,1-3H3,(H2,33,37)(H,34,38). The van der Waals surface area contributed by atoms with Crippen molar-refractivity contribution in [2.45, 2.75) is 32.0 Å². The summed E-state index contributed by atoms with van der Waals surface area (Å²) in [5.41, 5.74) is 7.81. The molecule has 1 aliphatic rings. The topological polar surface area (TPSA) is 113 Å². The van der Waals surface area contributed by atoms with Gasteiger partial charge in [0.15, 0.2) is 0 Å². The Bertz CT molecular complexity index is 1480. The van der Waals surface area contributed by atoms with Crippen LogP contribution in [0.15, 0.2) is 66.7 Å². The van der Waals surface area contributed by atoms with E-state index in [1.165, 1.54) is 22.5 Å². The number of anilines is 1. The van der Waals surface area contributed by atoms with Crippen molar-refractivity contribution in [1.82, 2.24) is 10.2 Å². The molecule has 3 aromatic carbocycles. The molecule has 218 valence electrons. The van der Waals surface area contributed by atoms with Crippen LogP contribution in [0.4, 0.5) is 5.69 Å². The molecule has 0 saturated carbocycles. The van der Waals surface area contributed by atoms with Gasteiger partial charge in [-0.25, -0.2) is 8.42 Å². The van der Waals surface area contributed by atoms with E-state index < -0.39 is 33.9 Å². The fraction of sp³-hybridized carbons (Fsp3) is 0.310. The van der Waals surface area contributed by atoms with Gasteiger partial charge in [-0.2, -0.15) is 0 Å². The molecule has 0 aliphatic carbocycles. The first-order chi connectivity index (χ1) is 19.2. The molecule has 41 heavy (non-hydrogen) atoms. The average Bonchev–Trinajstić information content (AvgIpc) is 2.86. The SMILES string of the molecule is CC(C)C(NC(=O)c1cc(Cl)cc(N(C2CN(C(c3ccc(Cl)cc3)c3ccc(Cl)cc3)C2)S(C)(=O)=O)c1)C(N)=O. The molecule has 0 aromatic heterocycles. The summed E-state index contributed by atoms with van der Waals surface area (Å²) in [7, 11) is -3.77. The first-order valence-electron chi connectivity index (χ1n) is 12.9. The molecular formula is C29H31Cl3N4O4S. The summed E-state index contributed by atoms with van der Waals surface area (Å²) in [6, 6.07) is 18.0. The highest BCUT2D eigenvalue weighted by molar-refractivity contribution is 7.92. The van der Waals surface area contributed by atoms with Crippen LogP contribution in [-0.4, -0.2) is 56.6 Å². The van der Waals surface area contributed by atoms with Gasteiger partial charge < -0.3 is 11.1 Å². The number of nitrogens with two attached hydrogens (primary N) is 1. The molecule has 4 rings (SSSR count). The molecule has 1 atom stereocenters. The molecule has 1 heterocycles. The molecule has 1 saturated heterocycles. The van der Waals surface area contributed by atoms with Gasteiger partial charge >= 0.3 is 0 Å². The van der Waals surface area contributed by atoms with Crippen molar-refractivity contribution in [2.75, 3.05) is 23.7 Å². The zero-order valence-electron chi connectivity index (χ0n) is 22.7. The summed E-state index contributed by atoms with van der Waals surface area (Å²) in [5.74, 6) is -1.49. The number of carbonyl (C=O) groups excluding carboxylic acids is 2. The van der Waals surface area contributed by atoms with Gasteiger partial charge in [-0.3, -0.25) is 18.8 Å². The van der Waals surface area contributed by atoms with Gasteiger partial charge in [0.05, 0.1) is 24.0 Å². The summed E-state index contributed by atoms with van der Waals surface area (Å²) >= 11 is 18.6. The molecule has 1 aliphatic heterocycles. The molecular weight excluding hydrogens is 607 g/mol. The summed E-state index contributed by atoms with van der Waals surface area (Å²) in [6.07, 6.45) is 1.12. The molecule has 12 heteroatoms. The van der Waals surface area contributed by atoms with Crippen molar-refractivity contribution < 1.29 is 18.0 Å². The van der Waals surface area contributed by atoms with Gasteiger partial charge in [-0.05, 0) is 59.5 Å². The van der Waals surface area contributed by atoms with E-state index in [1.54, 1.807) is 13.8 Å². The number of hydrogen-bond acceptors (Lipinski definition) is 5. The number of primary amides is 1. The van der Waals surface area contributed by atoms with E-state index in [9.17, 15) is 18.0 Å². The van der Waals surface area contributed by atoms with Gasteiger partial charge in [0.25, 0.3) is 5.91 Å². The number of nitrogens with one attached hydrogen (secondary N) is 1. The molecule has 1 unspecified atom stereocenters. The Balaban J connectivity index is 1.63. The number of halogens is 3. The second-order valence-corrected chi connectivity index (χ2v) is 13.6. The van der Waals surface area contributed by atoms with Crippen LogP contribution in [0.1, 0.15) is 41.4 Å². The summed E-state index contributed by atoms with van der Waals surface area (Å²) < 4.78 is 27.5. The van der Waals surface area contributed by atoms with E-state index >= 15 is 0 Å². The highest BCUT2D eigenvalue weighted by Gasteiger charge is 2.41. The quantitative estimate of drug-likeness (QED) is 0.320. The highest BCUT2D eigenvalue weighted by atomic mass is 35.5. The lowest BCUT2D eigenvalue weighted by Crippen LogP contribution is -2.61. The minimum absolute atomic E-state index is 0.115. The fourth-order valence-corrected chi connectivity index (χ4v) is 6.69. The lowest BCUT2D eigenvalue weighted by molar-refractivity contribution is -0.120. The second-order valence-electron chi connectivity index (χ2n) is 10.5. The van der Waals surface area contributed by atoms with E-state index in [1.807, 2.05) is 48.5 Å². The number of sulfonamides is 1. The van der Waals surface area contributed by atoms with Crippen LogP contribution in [-0.2, 0) is 14.8 Å². The van der Waals surface area contributed by atoms with E-state index in [2.05, 4.69) is 10.2 Å². The minimum atomic E-state index is -3.77. The maximum absolute atomic E-state index is 13.1. The van der Waals surface area contributed by atoms with E-state index in [-0.39, 0.29) is 28.2 Å². The van der Waals surface area contributed by atoms with Crippen LogP contribution < -0.4 is 15.4 Å². The molecule has 2 amide bonds. The summed E-state index contributed by atoms with van der Waals surface area (Å²) in [5, 5.41) is 4.03. The minimum Gasteiger partial charge on any atom is -0.368 e. The average molecular weight is 638 g/mol. The number of carbonyl (C=O) groups is 2. The van der Waals surface area contributed by atoms with E-state index in [0.29, 0.717) is 23.1 Å². The molecule has 8 nitrogen and oxygen atoms in total. The predicted octanol–water partition coefficient (Wildman–Crippen LogP) is 5.13. The van der Waals surface area contributed by atoms with Crippen molar-refractivity contribution in [1.29, 1.82) is 0 Å². The number of nitrogens with zero attached hydrogens (tertiary/aromatic N) is 2. The Morgan fingerprint density at radius 3 is 1.85 bits per heavy atom. The first-order valence-corrected chi connectivity index (χ1v) is 15.9. The molecule has 3 N–H and O–H groups in total. The number of rotatable bonds is 10. The summed E-state index contributed by atoms with van der Waals surface area (Å²) in [6.45, 7) is 4.34. The zero-order chi connectivity index (χ0) is 30.1. The van der Waals surface area contributed by atoms with Crippen molar-refractivity contribution in [3.63, 3.8) is 0 Å². The van der Waals surface area contributed by atoms with Gasteiger partial charge in [0.1, 0.15) is 6.04 Å². The maximum Gasteiger partial charge on any atom is 0.252 e. The zero-order valence-corrected chi connectivity index (χ0v) is 25.8. The van der Waals surface area contributed by atoms with Crippen LogP contribution in [0, 0.1) is 5.92 Å². The lowest BCUT2D eigenvalue weighted by Gasteiger charge is -2.48. The van der Waals surface area contributed by atoms with Crippen LogP contribution in [0.25, 0.3) is 0 Å². The monoisotopic (exact) mass is 636 g/mol. The molecule has 0 spiro atoms. The molecule has 1 fully saturated rings. The molecule has 0 bridgehead atoms. The Morgan fingerprint density at radius 2 is 1.41 bits per heavy atom. The van der Waals surface area contributed by atoms with Gasteiger partial charge in [0, 0.05) is 33.7 Å². The Kier molecular flexibility index (Phi) is 9.56. The smallest absolute Gasteiger partial charge is 0.252 e. The van der Waals surface area contributed by atoms with Crippen LogP contribution in [0.5, 0.6) is 0 Å². The molecule has 3 aromatic rings. The third-order valence-electron chi connectivity index (χ3n) is 6.98. The number of hydrogen-bond donors (Lipinski definition) is 2. The number of benzene rings is 3. The Labute approximate surface area is 255 Å². The Morgan fingerprint density at radius 1 is 0.902 bits per heavy atom. The predicted molar refractivity (Wildman–Crippen MR) is 164 cm³/mol. The third kappa shape index (κ3) is 7.34. The highest BCUT2D eigenvalue weighted by Crippen LogP contribution is 2.37. The van der Waals surface area contributed by atoms with Crippen molar-refractivity contribution in [3.05, 3.63) is 98.5 Å². The van der Waals surface area contributed by atoms with Crippen molar-refractivity contribution in [2.24, 2.45) is 11.7 Å². The van der Waals surface area contributed by atoms with Crippen LogP contribution >= 0.6 is 34.8 Å². The van der Waals surface area contributed by atoms with Gasteiger partial charge in [-0.15, -0.1) is 0 Å². The second kappa shape index (κ2) is 12.6. The van der Waals surface area contributed by atoms with Gasteiger partial charge in [-0.1, -0.05) is 72.9 Å². The first kappa shape index (κ1) is 31.1. The largest absolute Gasteiger partial charge is 0.368 e. The van der Waals surface area contributed by atoms with Crippen LogP contribution in [0.2, 0.25) is 15.1 Å².